The molecule has 31 heavy (non-hydrogen) atoms. The van der Waals surface area contributed by atoms with E-state index in [0.717, 1.165) is 16.3 Å². The predicted octanol–water partition coefficient (Wildman–Crippen LogP) is -0.00320. The van der Waals surface area contributed by atoms with Gasteiger partial charge in [0, 0.05) is 24.7 Å². The Balaban J connectivity index is 0.000000785. The highest BCUT2D eigenvalue weighted by Crippen LogP contribution is 2.19. The largest absolute Gasteiger partial charge is 0.477 e. The fraction of sp³-hybridized carbons (Fsp3) is 0.238. The van der Waals surface area contributed by atoms with Gasteiger partial charge in [0.05, 0.1) is 6.61 Å². The average molecular weight is 428 g/mol. The van der Waals surface area contributed by atoms with Crippen molar-refractivity contribution < 1.29 is 19.8 Å². The van der Waals surface area contributed by atoms with Crippen molar-refractivity contribution in [2.24, 2.45) is 5.73 Å². The Morgan fingerprint density at radius 2 is 1.68 bits per heavy atom. The van der Waals surface area contributed by atoms with Crippen molar-refractivity contribution in [3.05, 3.63) is 79.6 Å². The first-order chi connectivity index (χ1) is 14.8. The number of amides is 1. The lowest BCUT2D eigenvalue weighted by Gasteiger charge is -2.07. The van der Waals surface area contributed by atoms with Crippen molar-refractivity contribution in [2.45, 2.75) is 12.8 Å². The number of H-pyrrole nitrogens is 2. The van der Waals surface area contributed by atoms with E-state index in [9.17, 15) is 24.3 Å². The van der Waals surface area contributed by atoms with Crippen LogP contribution in [-0.2, 0) is 12.8 Å². The number of aromatic amines is 2. The summed E-state index contributed by atoms with van der Waals surface area (Å²) in [4.78, 5) is 50.4. The van der Waals surface area contributed by atoms with E-state index in [1.807, 2.05) is 24.3 Å². The highest BCUT2D eigenvalue weighted by molar-refractivity contribution is 5.98. The molecule has 0 fully saturated rings. The molecule has 0 saturated carbocycles. The minimum absolute atomic E-state index is 0.0251. The second-order valence-electron chi connectivity index (χ2n) is 6.55. The molecule has 3 rings (SSSR count). The van der Waals surface area contributed by atoms with Gasteiger partial charge < -0.3 is 26.2 Å². The number of hydrogen-bond acceptors (Lipinski definition) is 6. The molecule has 2 aromatic carbocycles. The van der Waals surface area contributed by atoms with Crippen LogP contribution in [0.15, 0.2) is 46.0 Å². The number of aliphatic hydroxyl groups excluding tert-OH is 1. The van der Waals surface area contributed by atoms with Gasteiger partial charge in [-0.15, -0.1) is 0 Å². The van der Waals surface area contributed by atoms with Crippen LogP contribution < -0.4 is 22.3 Å². The number of aryl methyl sites for hydroxylation is 1. The minimum atomic E-state index is -1.35. The molecule has 7 N–H and O–H groups in total. The van der Waals surface area contributed by atoms with Crippen LogP contribution >= 0.6 is 0 Å². The number of carbonyl (C=O) groups excluding carboxylic acids is 1. The van der Waals surface area contributed by atoms with Gasteiger partial charge in [-0.05, 0) is 41.3 Å². The second kappa shape index (κ2) is 10.9. The number of nitrogens with two attached hydrogens (primary N) is 1. The van der Waals surface area contributed by atoms with Gasteiger partial charge in [0.15, 0.2) is 0 Å². The van der Waals surface area contributed by atoms with Crippen molar-refractivity contribution >= 4 is 22.6 Å². The lowest BCUT2D eigenvalue weighted by atomic mass is 9.99. The number of carboxylic acids is 1. The number of carbonyl (C=O) groups is 2. The first-order valence-electron chi connectivity index (χ1n) is 9.45. The number of aliphatic hydroxyl groups is 1. The monoisotopic (exact) mass is 428 g/mol. The molecule has 0 aliphatic carbocycles. The van der Waals surface area contributed by atoms with E-state index in [1.165, 1.54) is 0 Å². The van der Waals surface area contributed by atoms with E-state index >= 15 is 0 Å². The summed E-state index contributed by atoms with van der Waals surface area (Å²) in [5.41, 5.74) is 4.32. The number of fused-ring (bicyclic) bond motifs is 1. The van der Waals surface area contributed by atoms with E-state index < -0.39 is 17.2 Å². The third-order valence-electron chi connectivity index (χ3n) is 4.44. The van der Waals surface area contributed by atoms with Crippen LogP contribution in [0.25, 0.3) is 10.8 Å². The van der Waals surface area contributed by atoms with Crippen LogP contribution in [0.4, 0.5) is 0 Å². The molecule has 0 aliphatic heterocycles. The van der Waals surface area contributed by atoms with Gasteiger partial charge in [0.2, 0.25) is 0 Å². The standard InChI is InChI=1S/C19H17N3O5.C2H7NO/c1-20-16(23)13-6-5-11-8-10(2-4-12(11)9-13)3-7-14-15(18(25)26)21-19(27)22-17(14)24;3-1-2-4/h2,4-6,8-9H,3,7H2,1H3,(H,20,23)(H,25,26)(H2,21,22,24,27);4H,1-3H2. The lowest BCUT2D eigenvalue weighted by molar-refractivity contribution is 0.0688. The summed E-state index contributed by atoms with van der Waals surface area (Å²) in [6.07, 6.45) is 0.581. The van der Waals surface area contributed by atoms with Gasteiger partial charge in [-0.1, -0.05) is 24.3 Å². The van der Waals surface area contributed by atoms with E-state index in [1.54, 1.807) is 19.2 Å². The van der Waals surface area contributed by atoms with Gasteiger partial charge in [-0.3, -0.25) is 14.6 Å². The van der Waals surface area contributed by atoms with Crippen molar-refractivity contribution in [1.29, 1.82) is 0 Å². The first-order valence-corrected chi connectivity index (χ1v) is 9.45. The Morgan fingerprint density at radius 1 is 1.03 bits per heavy atom. The molecule has 0 unspecified atom stereocenters. The predicted molar refractivity (Wildman–Crippen MR) is 116 cm³/mol. The normalized spacial score (nSPS) is 10.3. The zero-order valence-corrected chi connectivity index (χ0v) is 16.9. The maximum atomic E-state index is 12.0. The Bertz CT molecular complexity index is 1200. The zero-order valence-electron chi connectivity index (χ0n) is 16.9. The van der Waals surface area contributed by atoms with Crippen LogP contribution in [-0.4, -0.2) is 52.3 Å². The maximum absolute atomic E-state index is 12.0. The highest BCUT2D eigenvalue weighted by atomic mass is 16.4. The van der Waals surface area contributed by atoms with Gasteiger partial charge in [-0.25, -0.2) is 9.59 Å². The summed E-state index contributed by atoms with van der Waals surface area (Å²) < 4.78 is 0. The molecule has 0 saturated heterocycles. The summed E-state index contributed by atoms with van der Waals surface area (Å²) in [5, 5.41) is 21.3. The van der Waals surface area contributed by atoms with Crippen molar-refractivity contribution in [3.8, 4) is 0 Å². The molecule has 1 heterocycles. The van der Waals surface area contributed by atoms with Gasteiger partial charge >= 0.3 is 11.7 Å². The molecular formula is C21H24N4O6. The number of rotatable bonds is 6. The molecule has 10 nitrogen and oxygen atoms in total. The first kappa shape index (κ1) is 23.5. The molecule has 1 amide bonds. The summed E-state index contributed by atoms with van der Waals surface area (Å²) in [5.74, 6) is -1.52. The third-order valence-corrected chi connectivity index (χ3v) is 4.44. The molecule has 10 heteroatoms. The lowest BCUT2D eigenvalue weighted by Crippen LogP contribution is -2.30. The Labute approximate surface area is 176 Å². The van der Waals surface area contributed by atoms with Gasteiger partial charge in [-0.2, -0.15) is 0 Å². The highest BCUT2D eigenvalue weighted by Gasteiger charge is 2.15. The minimum Gasteiger partial charge on any atom is -0.477 e. The molecule has 0 radical (unpaired) electrons. The van der Waals surface area contributed by atoms with Gasteiger partial charge in [0.25, 0.3) is 11.5 Å². The number of aromatic nitrogens is 2. The molecule has 0 bridgehead atoms. The summed E-state index contributed by atoms with van der Waals surface area (Å²) in [6, 6.07) is 11.0. The Kier molecular flexibility index (Phi) is 8.24. The molecular weight excluding hydrogens is 404 g/mol. The van der Waals surface area contributed by atoms with E-state index in [4.69, 9.17) is 10.8 Å². The molecule has 164 valence electrons. The molecule has 0 spiro atoms. The van der Waals surface area contributed by atoms with Crippen molar-refractivity contribution in [3.63, 3.8) is 0 Å². The average Bonchev–Trinajstić information content (AvgIpc) is 2.77. The zero-order chi connectivity index (χ0) is 23.0. The number of aromatic carboxylic acids is 1. The topological polar surface area (TPSA) is 178 Å². The summed E-state index contributed by atoms with van der Waals surface area (Å²) in [7, 11) is 1.57. The van der Waals surface area contributed by atoms with Crippen LogP contribution in [0, 0.1) is 0 Å². The fourth-order valence-electron chi connectivity index (χ4n) is 2.94. The van der Waals surface area contributed by atoms with E-state index in [2.05, 4.69) is 15.3 Å². The molecule has 3 aromatic rings. The molecule has 0 aliphatic rings. The van der Waals surface area contributed by atoms with Crippen LogP contribution in [0.5, 0.6) is 0 Å². The van der Waals surface area contributed by atoms with Crippen LogP contribution in [0.1, 0.15) is 32.0 Å². The second-order valence-corrected chi connectivity index (χ2v) is 6.55. The Morgan fingerprint density at radius 3 is 2.29 bits per heavy atom. The quantitative estimate of drug-likeness (QED) is 0.320. The van der Waals surface area contributed by atoms with Crippen molar-refractivity contribution in [1.82, 2.24) is 15.3 Å². The van der Waals surface area contributed by atoms with Crippen LogP contribution in [0.2, 0.25) is 0 Å². The maximum Gasteiger partial charge on any atom is 0.352 e. The van der Waals surface area contributed by atoms with Gasteiger partial charge in [0.1, 0.15) is 5.69 Å². The smallest absolute Gasteiger partial charge is 0.352 e. The molecule has 0 atom stereocenters. The SMILES string of the molecule is CNC(=O)c1ccc2cc(CCc3c(C(=O)O)[nH]c(=O)[nH]c3=O)ccc2c1.NCCO. The van der Waals surface area contributed by atoms with E-state index in [-0.39, 0.29) is 30.2 Å². The van der Waals surface area contributed by atoms with Crippen molar-refractivity contribution in [2.75, 3.05) is 20.2 Å². The number of benzene rings is 2. The third kappa shape index (κ3) is 6.11. The number of nitrogens with one attached hydrogen (secondary N) is 3. The Hall–Kier alpha value is -3.76. The summed E-state index contributed by atoms with van der Waals surface area (Å²) >= 11 is 0. The summed E-state index contributed by atoms with van der Waals surface area (Å²) in [6.45, 7) is 0.472. The molecule has 1 aromatic heterocycles. The fourth-order valence-corrected chi connectivity index (χ4v) is 2.94. The van der Waals surface area contributed by atoms with Crippen LogP contribution in [0.3, 0.4) is 0 Å². The van der Waals surface area contributed by atoms with E-state index in [0.29, 0.717) is 18.5 Å². The number of hydrogen-bond donors (Lipinski definition) is 6. The number of carboxylic acid groups (broad SMARTS) is 1.